The molecule has 30 heavy (non-hydrogen) atoms. The Morgan fingerprint density at radius 1 is 0.933 bits per heavy atom. The Kier molecular flexibility index (Phi) is 11.8. The molecule has 2 aromatic carbocycles. The quantitative estimate of drug-likeness (QED) is 0.211. The number of hydrogen-bond acceptors (Lipinski definition) is 5. The standard InChI is InChI=1S/C22H31N3O4.HI/c1-16-7-9-18(10-8-16)29-12-6-11-24-22(23-2)25-15-17-13-19(26-3)21(28-5)20(14-17)27-4;/h7-10,13-14H,6,11-12,15H2,1-5H3,(H2,23,24,25);1H. The average molecular weight is 529 g/mol. The molecular formula is C22H32IN3O4. The third-order valence-corrected chi connectivity index (χ3v) is 4.31. The van der Waals surface area contributed by atoms with Gasteiger partial charge in [-0.15, -0.1) is 24.0 Å². The van der Waals surface area contributed by atoms with Crippen molar-refractivity contribution >= 4 is 29.9 Å². The van der Waals surface area contributed by atoms with Crippen molar-refractivity contribution < 1.29 is 18.9 Å². The van der Waals surface area contributed by atoms with E-state index in [4.69, 9.17) is 18.9 Å². The van der Waals surface area contributed by atoms with Crippen LogP contribution in [0.2, 0.25) is 0 Å². The number of guanidine groups is 1. The van der Waals surface area contributed by atoms with Crippen molar-refractivity contribution in [2.75, 3.05) is 41.5 Å². The van der Waals surface area contributed by atoms with Crippen molar-refractivity contribution in [2.24, 2.45) is 4.99 Å². The number of benzene rings is 2. The van der Waals surface area contributed by atoms with Crippen LogP contribution in [0.4, 0.5) is 0 Å². The molecule has 0 aliphatic rings. The lowest BCUT2D eigenvalue weighted by atomic mass is 10.2. The fourth-order valence-electron chi connectivity index (χ4n) is 2.75. The Balaban J connectivity index is 0.00000450. The number of hydrogen-bond donors (Lipinski definition) is 2. The highest BCUT2D eigenvalue weighted by atomic mass is 127. The van der Waals surface area contributed by atoms with E-state index < -0.39 is 0 Å². The van der Waals surface area contributed by atoms with Gasteiger partial charge in [-0.2, -0.15) is 0 Å². The second-order valence-corrected chi connectivity index (χ2v) is 6.40. The lowest BCUT2D eigenvalue weighted by Gasteiger charge is -2.16. The molecule has 0 aromatic heterocycles. The van der Waals surface area contributed by atoms with Gasteiger partial charge in [-0.05, 0) is 43.2 Å². The molecule has 0 fully saturated rings. The van der Waals surface area contributed by atoms with Crippen LogP contribution in [0.25, 0.3) is 0 Å². The number of halogens is 1. The van der Waals surface area contributed by atoms with E-state index in [9.17, 15) is 0 Å². The minimum absolute atomic E-state index is 0. The molecule has 0 saturated carbocycles. The Labute approximate surface area is 196 Å². The monoisotopic (exact) mass is 529 g/mol. The molecule has 2 rings (SSSR count). The van der Waals surface area contributed by atoms with Gasteiger partial charge in [0.25, 0.3) is 0 Å². The molecule has 0 atom stereocenters. The first kappa shape index (κ1) is 25.7. The van der Waals surface area contributed by atoms with Crippen LogP contribution >= 0.6 is 24.0 Å². The Bertz CT molecular complexity index is 772. The van der Waals surface area contributed by atoms with Crippen molar-refractivity contribution in [3.05, 3.63) is 47.5 Å². The van der Waals surface area contributed by atoms with E-state index in [-0.39, 0.29) is 24.0 Å². The topological polar surface area (TPSA) is 73.3 Å². The average Bonchev–Trinajstić information content (AvgIpc) is 2.75. The molecular weight excluding hydrogens is 497 g/mol. The maximum Gasteiger partial charge on any atom is 0.203 e. The van der Waals surface area contributed by atoms with Crippen molar-refractivity contribution in [1.29, 1.82) is 0 Å². The summed E-state index contributed by atoms with van der Waals surface area (Å²) in [6.45, 7) is 4.02. The molecule has 2 aromatic rings. The highest BCUT2D eigenvalue weighted by Crippen LogP contribution is 2.38. The lowest BCUT2D eigenvalue weighted by molar-refractivity contribution is 0.311. The molecule has 0 amide bonds. The van der Waals surface area contributed by atoms with Gasteiger partial charge < -0.3 is 29.6 Å². The Morgan fingerprint density at radius 3 is 2.10 bits per heavy atom. The van der Waals surface area contributed by atoms with Crippen LogP contribution in [-0.4, -0.2) is 47.5 Å². The summed E-state index contributed by atoms with van der Waals surface area (Å²) in [6, 6.07) is 11.9. The van der Waals surface area contributed by atoms with E-state index in [1.807, 2.05) is 36.4 Å². The number of nitrogens with zero attached hydrogens (tertiary/aromatic N) is 1. The van der Waals surface area contributed by atoms with E-state index in [0.717, 1.165) is 24.3 Å². The number of nitrogens with one attached hydrogen (secondary N) is 2. The predicted octanol–water partition coefficient (Wildman–Crippen LogP) is 3.77. The predicted molar refractivity (Wildman–Crippen MR) is 131 cm³/mol. The second kappa shape index (κ2) is 13.8. The maximum atomic E-state index is 5.74. The van der Waals surface area contributed by atoms with Gasteiger partial charge in [0.2, 0.25) is 5.75 Å². The molecule has 0 aliphatic carbocycles. The van der Waals surface area contributed by atoms with Crippen molar-refractivity contribution in [2.45, 2.75) is 19.9 Å². The normalized spacial score (nSPS) is 10.6. The van der Waals surface area contributed by atoms with Crippen LogP contribution in [0, 0.1) is 6.92 Å². The van der Waals surface area contributed by atoms with Crippen LogP contribution < -0.4 is 29.6 Å². The summed E-state index contributed by atoms with van der Waals surface area (Å²) < 4.78 is 21.9. The molecule has 0 aliphatic heterocycles. The largest absolute Gasteiger partial charge is 0.494 e. The highest BCUT2D eigenvalue weighted by molar-refractivity contribution is 14.0. The first-order valence-electron chi connectivity index (χ1n) is 9.54. The zero-order valence-corrected chi connectivity index (χ0v) is 20.6. The summed E-state index contributed by atoms with van der Waals surface area (Å²) in [5.41, 5.74) is 2.21. The van der Waals surface area contributed by atoms with Gasteiger partial charge >= 0.3 is 0 Å². The summed E-state index contributed by atoms with van der Waals surface area (Å²) in [5, 5.41) is 6.57. The number of ether oxygens (including phenoxy) is 4. The molecule has 8 heteroatoms. The third kappa shape index (κ3) is 7.81. The zero-order valence-electron chi connectivity index (χ0n) is 18.3. The molecule has 0 spiro atoms. The van der Waals surface area contributed by atoms with E-state index in [1.165, 1.54) is 5.56 Å². The SMILES string of the molecule is CN=C(NCCCOc1ccc(C)cc1)NCc1cc(OC)c(OC)c(OC)c1.I. The summed E-state index contributed by atoms with van der Waals surface area (Å²) in [4.78, 5) is 4.25. The molecule has 2 N–H and O–H groups in total. The number of aryl methyl sites for hydroxylation is 1. The van der Waals surface area contributed by atoms with Gasteiger partial charge in [-0.25, -0.2) is 0 Å². The molecule has 0 heterocycles. The fourth-order valence-corrected chi connectivity index (χ4v) is 2.75. The second-order valence-electron chi connectivity index (χ2n) is 6.40. The van der Waals surface area contributed by atoms with Gasteiger partial charge in [0, 0.05) is 20.1 Å². The minimum Gasteiger partial charge on any atom is -0.494 e. The maximum absolute atomic E-state index is 5.74. The summed E-state index contributed by atoms with van der Waals surface area (Å²) >= 11 is 0. The zero-order chi connectivity index (χ0) is 21.1. The molecule has 0 saturated heterocycles. The molecule has 0 radical (unpaired) electrons. The molecule has 0 bridgehead atoms. The summed E-state index contributed by atoms with van der Waals surface area (Å²) in [5.74, 6) is 3.43. The Hall–Kier alpha value is -2.36. The number of methoxy groups -OCH3 is 3. The van der Waals surface area contributed by atoms with Crippen LogP contribution in [0.1, 0.15) is 17.5 Å². The Morgan fingerprint density at radius 2 is 1.57 bits per heavy atom. The third-order valence-electron chi connectivity index (χ3n) is 4.31. The van der Waals surface area contributed by atoms with E-state index in [0.29, 0.717) is 36.4 Å². The van der Waals surface area contributed by atoms with Gasteiger partial charge in [0.15, 0.2) is 17.5 Å². The van der Waals surface area contributed by atoms with Gasteiger partial charge in [-0.1, -0.05) is 17.7 Å². The molecule has 7 nitrogen and oxygen atoms in total. The van der Waals surface area contributed by atoms with Crippen LogP contribution in [0.5, 0.6) is 23.0 Å². The van der Waals surface area contributed by atoms with Crippen LogP contribution in [-0.2, 0) is 6.54 Å². The van der Waals surface area contributed by atoms with Gasteiger partial charge in [0.1, 0.15) is 5.75 Å². The molecule has 166 valence electrons. The van der Waals surface area contributed by atoms with E-state index in [1.54, 1.807) is 28.4 Å². The lowest BCUT2D eigenvalue weighted by Crippen LogP contribution is -2.37. The minimum atomic E-state index is 0. The smallest absolute Gasteiger partial charge is 0.203 e. The summed E-state index contributed by atoms with van der Waals surface area (Å²) in [6.07, 6.45) is 0.860. The van der Waals surface area contributed by atoms with Gasteiger partial charge in [-0.3, -0.25) is 4.99 Å². The molecule has 0 unspecified atom stereocenters. The number of aliphatic imine (C=N–C) groups is 1. The van der Waals surface area contributed by atoms with E-state index >= 15 is 0 Å². The van der Waals surface area contributed by atoms with E-state index in [2.05, 4.69) is 22.5 Å². The first-order chi connectivity index (χ1) is 14.1. The highest BCUT2D eigenvalue weighted by Gasteiger charge is 2.13. The van der Waals surface area contributed by atoms with Gasteiger partial charge in [0.05, 0.1) is 27.9 Å². The van der Waals surface area contributed by atoms with Crippen LogP contribution in [0.15, 0.2) is 41.4 Å². The van der Waals surface area contributed by atoms with Crippen molar-refractivity contribution in [1.82, 2.24) is 10.6 Å². The van der Waals surface area contributed by atoms with Crippen molar-refractivity contribution in [3.63, 3.8) is 0 Å². The first-order valence-corrected chi connectivity index (χ1v) is 9.54. The fraction of sp³-hybridized carbons (Fsp3) is 0.409. The van der Waals surface area contributed by atoms with Crippen LogP contribution in [0.3, 0.4) is 0 Å². The van der Waals surface area contributed by atoms with Crippen molar-refractivity contribution in [3.8, 4) is 23.0 Å². The number of rotatable bonds is 10. The summed E-state index contributed by atoms with van der Waals surface area (Å²) in [7, 11) is 6.54.